The van der Waals surface area contributed by atoms with Crippen LogP contribution in [-0.2, 0) is 6.54 Å². The van der Waals surface area contributed by atoms with Gasteiger partial charge in [0, 0.05) is 50.3 Å². The molecule has 0 spiro atoms. The van der Waals surface area contributed by atoms with Gasteiger partial charge in [-0.05, 0) is 32.0 Å². The van der Waals surface area contributed by atoms with E-state index < -0.39 is 0 Å². The summed E-state index contributed by atoms with van der Waals surface area (Å²) in [6.07, 6.45) is 5.00. The maximum atomic E-state index is 5.74. The molecule has 1 aliphatic heterocycles. The van der Waals surface area contributed by atoms with Gasteiger partial charge in [-0.3, -0.25) is 4.98 Å². The van der Waals surface area contributed by atoms with Crippen LogP contribution in [0.4, 0.5) is 5.69 Å². The molecule has 4 heteroatoms. The Morgan fingerprint density at radius 3 is 3.06 bits per heavy atom. The topological polar surface area (TPSA) is 45.4 Å². The summed E-state index contributed by atoms with van der Waals surface area (Å²) in [6, 6.07) is 2.06. The van der Waals surface area contributed by atoms with Crippen molar-refractivity contribution in [2.45, 2.75) is 13.0 Å². The molecule has 1 unspecified atom stereocenters. The first-order valence-electron chi connectivity index (χ1n) is 6.23. The molecule has 0 saturated carbocycles. The Balaban J connectivity index is 2.01. The average molecular weight is 234 g/mol. The Bertz CT molecular complexity index is 366. The van der Waals surface area contributed by atoms with E-state index in [2.05, 4.69) is 34.9 Å². The van der Waals surface area contributed by atoms with Crippen LogP contribution in [0.15, 0.2) is 18.5 Å². The Labute approximate surface area is 103 Å². The molecule has 0 amide bonds. The van der Waals surface area contributed by atoms with E-state index in [9.17, 15) is 0 Å². The Morgan fingerprint density at radius 2 is 2.41 bits per heavy atom. The van der Waals surface area contributed by atoms with E-state index in [1.54, 1.807) is 0 Å². The van der Waals surface area contributed by atoms with Crippen LogP contribution in [0.3, 0.4) is 0 Å². The highest BCUT2D eigenvalue weighted by Crippen LogP contribution is 2.21. The number of anilines is 1. The number of nitrogens with two attached hydrogens (primary N) is 1. The van der Waals surface area contributed by atoms with Gasteiger partial charge in [-0.1, -0.05) is 0 Å². The lowest BCUT2D eigenvalue weighted by molar-refractivity contribution is 0.396. The highest BCUT2D eigenvalue weighted by atomic mass is 15.2. The van der Waals surface area contributed by atoms with Crippen molar-refractivity contribution >= 4 is 5.69 Å². The van der Waals surface area contributed by atoms with Crippen molar-refractivity contribution in [3.8, 4) is 0 Å². The molecule has 94 valence electrons. The summed E-state index contributed by atoms with van der Waals surface area (Å²) in [4.78, 5) is 8.84. The smallest absolute Gasteiger partial charge is 0.0440 e. The zero-order chi connectivity index (χ0) is 12.3. The van der Waals surface area contributed by atoms with E-state index >= 15 is 0 Å². The van der Waals surface area contributed by atoms with E-state index in [0.29, 0.717) is 6.54 Å². The first kappa shape index (κ1) is 12.3. The molecule has 2 heterocycles. The highest BCUT2D eigenvalue weighted by Gasteiger charge is 2.21. The molecule has 17 heavy (non-hydrogen) atoms. The van der Waals surface area contributed by atoms with Crippen LogP contribution in [0.1, 0.15) is 12.0 Å². The molecule has 1 fully saturated rings. The molecule has 1 aromatic rings. The third-order valence-electron chi connectivity index (χ3n) is 3.53. The number of nitrogens with zero attached hydrogens (tertiary/aromatic N) is 3. The van der Waals surface area contributed by atoms with Crippen molar-refractivity contribution in [2.75, 3.05) is 38.6 Å². The van der Waals surface area contributed by atoms with Gasteiger partial charge in [-0.15, -0.1) is 0 Å². The van der Waals surface area contributed by atoms with Gasteiger partial charge in [-0.25, -0.2) is 0 Å². The number of likely N-dealkylation sites (tertiary alicyclic amines) is 1. The minimum atomic E-state index is 0.554. The van der Waals surface area contributed by atoms with Crippen LogP contribution in [-0.4, -0.2) is 43.6 Å². The van der Waals surface area contributed by atoms with Crippen molar-refractivity contribution in [2.24, 2.45) is 11.7 Å². The van der Waals surface area contributed by atoms with Crippen LogP contribution in [0.5, 0.6) is 0 Å². The third kappa shape index (κ3) is 2.96. The molecule has 0 radical (unpaired) electrons. The summed E-state index contributed by atoms with van der Waals surface area (Å²) < 4.78 is 0. The number of rotatable bonds is 4. The van der Waals surface area contributed by atoms with Crippen molar-refractivity contribution in [3.05, 3.63) is 24.0 Å². The van der Waals surface area contributed by atoms with Gasteiger partial charge in [0.15, 0.2) is 0 Å². The summed E-state index contributed by atoms with van der Waals surface area (Å²) in [6.45, 7) is 4.07. The fourth-order valence-corrected chi connectivity index (χ4v) is 2.61. The molecule has 0 aliphatic carbocycles. The number of aromatic nitrogens is 1. The lowest BCUT2D eigenvalue weighted by atomic mass is 10.1. The van der Waals surface area contributed by atoms with Crippen LogP contribution in [0.2, 0.25) is 0 Å². The monoisotopic (exact) mass is 234 g/mol. The maximum Gasteiger partial charge on any atom is 0.0440 e. The minimum Gasteiger partial charge on any atom is -0.374 e. The van der Waals surface area contributed by atoms with Crippen LogP contribution < -0.4 is 10.6 Å². The van der Waals surface area contributed by atoms with Crippen molar-refractivity contribution < 1.29 is 0 Å². The second-order valence-electron chi connectivity index (χ2n) is 5.01. The molecule has 0 aromatic carbocycles. The van der Waals surface area contributed by atoms with E-state index in [1.165, 1.54) is 25.2 Å². The third-order valence-corrected chi connectivity index (χ3v) is 3.53. The van der Waals surface area contributed by atoms with Gasteiger partial charge < -0.3 is 15.5 Å². The molecule has 2 N–H and O–H groups in total. The molecule has 2 rings (SSSR count). The summed E-state index contributed by atoms with van der Waals surface area (Å²) >= 11 is 0. The first-order valence-corrected chi connectivity index (χ1v) is 6.23. The van der Waals surface area contributed by atoms with Crippen molar-refractivity contribution in [1.29, 1.82) is 0 Å². The van der Waals surface area contributed by atoms with Crippen LogP contribution in [0, 0.1) is 5.92 Å². The predicted molar refractivity (Wildman–Crippen MR) is 71.0 cm³/mol. The second-order valence-corrected chi connectivity index (χ2v) is 5.01. The van der Waals surface area contributed by atoms with E-state index in [-0.39, 0.29) is 0 Å². The second kappa shape index (κ2) is 5.47. The molecule has 1 aromatic heterocycles. The average Bonchev–Trinajstić information content (AvgIpc) is 2.74. The predicted octanol–water partition coefficient (Wildman–Crippen LogP) is 0.928. The summed E-state index contributed by atoms with van der Waals surface area (Å²) in [5, 5.41) is 0. The molecule has 1 saturated heterocycles. The molecule has 0 bridgehead atoms. The van der Waals surface area contributed by atoms with Gasteiger partial charge in [0.1, 0.15) is 0 Å². The molecule has 1 atom stereocenters. The summed E-state index contributed by atoms with van der Waals surface area (Å²) in [7, 11) is 4.34. The number of hydrogen-bond donors (Lipinski definition) is 1. The maximum absolute atomic E-state index is 5.74. The number of hydrogen-bond acceptors (Lipinski definition) is 4. The fourth-order valence-electron chi connectivity index (χ4n) is 2.61. The SMILES string of the molecule is CN1CCC(CN(C)c2ccncc2CN)C1. The van der Waals surface area contributed by atoms with Gasteiger partial charge in [-0.2, -0.15) is 0 Å². The summed E-state index contributed by atoms with van der Waals surface area (Å²) in [5.74, 6) is 0.767. The van der Waals surface area contributed by atoms with Gasteiger partial charge >= 0.3 is 0 Å². The lowest BCUT2D eigenvalue weighted by Crippen LogP contribution is -2.28. The van der Waals surface area contributed by atoms with E-state index in [1.807, 2.05) is 12.4 Å². The quantitative estimate of drug-likeness (QED) is 0.842. The van der Waals surface area contributed by atoms with E-state index in [4.69, 9.17) is 5.73 Å². The molecular formula is C13H22N4. The minimum absolute atomic E-state index is 0.554. The Hall–Kier alpha value is -1.13. The zero-order valence-electron chi connectivity index (χ0n) is 10.8. The lowest BCUT2D eigenvalue weighted by Gasteiger charge is -2.25. The first-order chi connectivity index (χ1) is 8.20. The van der Waals surface area contributed by atoms with Crippen molar-refractivity contribution in [1.82, 2.24) is 9.88 Å². The standard InChI is InChI=1S/C13H22N4/c1-16-6-4-11(9-16)10-17(2)13-3-5-15-8-12(13)7-14/h3,5,8,11H,4,6-7,9-10,14H2,1-2H3. The molecule has 1 aliphatic rings. The van der Waals surface area contributed by atoms with Gasteiger partial charge in [0.25, 0.3) is 0 Å². The number of pyridine rings is 1. The fraction of sp³-hybridized carbons (Fsp3) is 0.615. The van der Waals surface area contributed by atoms with Crippen LogP contribution in [0.25, 0.3) is 0 Å². The van der Waals surface area contributed by atoms with Crippen molar-refractivity contribution in [3.63, 3.8) is 0 Å². The Kier molecular flexibility index (Phi) is 3.97. The molecular weight excluding hydrogens is 212 g/mol. The summed E-state index contributed by atoms with van der Waals surface area (Å²) in [5.41, 5.74) is 8.09. The van der Waals surface area contributed by atoms with Gasteiger partial charge in [0.2, 0.25) is 0 Å². The van der Waals surface area contributed by atoms with Gasteiger partial charge in [0.05, 0.1) is 0 Å². The van der Waals surface area contributed by atoms with Crippen LogP contribution >= 0.6 is 0 Å². The zero-order valence-corrected chi connectivity index (χ0v) is 10.8. The molecule has 4 nitrogen and oxygen atoms in total. The normalized spacial score (nSPS) is 20.8. The van der Waals surface area contributed by atoms with E-state index in [0.717, 1.165) is 18.0 Å². The Morgan fingerprint density at radius 1 is 1.59 bits per heavy atom. The highest BCUT2D eigenvalue weighted by molar-refractivity contribution is 5.51. The largest absolute Gasteiger partial charge is 0.374 e.